The maximum atomic E-state index is 5.79. The molecule has 87 heavy (non-hydrogen) atoms. The van der Waals surface area contributed by atoms with Gasteiger partial charge in [0.05, 0.1) is 33.8 Å². The number of aromatic nitrogens is 2. The lowest BCUT2D eigenvalue weighted by molar-refractivity contribution is 0.465. The molecule has 2 spiro atoms. The number of nitrogens with zero attached hydrogens (tertiary/aromatic N) is 2. The van der Waals surface area contributed by atoms with Crippen LogP contribution in [-0.4, -0.2) is 9.97 Å². The van der Waals surface area contributed by atoms with Crippen LogP contribution in [-0.2, 0) is 10.8 Å². The van der Waals surface area contributed by atoms with E-state index in [0.717, 1.165) is 60.5 Å². The summed E-state index contributed by atoms with van der Waals surface area (Å²) in [5.74, 6) is 0.532. The van der Waals surface area contributed by atoms with E-state index in [1.807, 2.05) is 17.5 Å². The van der Waals surface area contributed by atoms with Crippen LogP contribution in [0.15, 0.2) is 291 Å². The molecule has 0 N–H and O–H groups in total. The predicted molar refractivity (Wildman–Crippen MR) is 362 cm³/mol. The number of hydrogen-bond donors (Lipinski definition) is 0. The zero-order valence-electron chi connectivity index (χ0n) is 47.2. The molecule has 5 aliphatic rings. The Morgan fingerprint density at radius 3 is 1.52 bits per heavy atom. The summed E-state index contributed by atoms with van der Waals surface area (Å²) < 4.78 is 2.60. The van der Waals surface area contributed by atoms with Crippen LogP contribution >= 0.6 is 11.3 Å². The van der Waals surface area contributed by atoms with Crippen LogP contribution in [0.2, 0.25) is 0 Å². The summed E-state index contributed by atoms with van der Waals surface area (Å²) in [5, 5.41) is 7.08. The summed E-state index contributed by atoms with van der Waals surface area (Å²) in [6.45, 7) is 0. The predicted octanol–water partition coefficient (Wildman–Crippen LogP) is 21.5. The van der Waals surface area contributed by atoms with Crippen molar-refractivity contribution >= 4 is 64.1 Å². The van der Waals surface area contributed by atoms with Gasteiger partial charge in [0.2, 0.25) is 0 Å². The van der Waals surface area contributed by atoms with Crippen molar-refractivity contribution < 1.29 is 0 Å². The van der Waals surface area contributed by atoms with Gasteiger partial charge in [-0.25, -0.2) is 4.98 Å². The molecule has 402 valence electrons. The number of rotatable bonds is 4. The molecule has 0 bridgehead atoms. The molecule has 15 aromatic rings. The average Bonchev–Trinajstić information content (AvgIpc) is 1.55. The minimum Gasteiger partial charge on any atom is -0.252 e. The van der Waals surface area contributed by atoms with E-state index in [1.54, 1.807) is 0 Å². The molecule has 2 unspecified atom stereocenters. The average molecular weight is 1120 g/mol. The van der Waals surface area contributed by atoms with Crippen LogP contribution in [0.5, 0.6) is 0 Å². The third-order valence-corrected chi connectivity index (χ3v) is 21.8. The van der Waals surface area contributed by atoms with Crippen molar-refractivity contribution in [1.29, 1.82) is 0 Å². The molecular formula is C84H50N2S. The molecule has 20 rings (SSSR count). The minimum atomic E-state index is -0.443. The van der Waals surface area contributed by atoms with Gasteiger partial charge in [-0.15, -0.1) is 11.3 Å². The van der Waals surface area contributed by atoms with E-state index in [-0.39, 0.29) is 17.3 Å². The standard InChI is InChI=1S/C84H50N2S/c1-8-28-70-58(19-1)59-20-2-9-29-71(59)83(70)74-32-12-5-23-62(74)64-41-37-51(46-76(64)83)49-35-39-56-57-40-36-50(52-38-42-65-63-24-6-13-33-75(63)84(77(65)47-52)72-30-10-3-21-60(72)61-22-4-11-31-73(61)84)45-69(57)81-80(68(56)44-49)85-48-78(86-81)54-18-15-17-53(43-54)55-26-16-27-67-66-25-7-14-34-79(66)87-82(55)67/h1-48,62,74H. The van der Waals surface area contributed by atoms with Gasteiger partial charge >= 0.3 is 0 Å². The number of fused-ring (bicyclic) bond motifs is 29. The van der Waals surface area contributed by atoms with Crippen molar-refractivity contribution in [2.75, 3.05) is 0 Å². The van der Waals surface area contributed by atoms with Crippen molar-refractivity contribution in [2.24, 2.45) is 5.92 Å². The van der Waals surface area contributed by atoms with Crippen molar-refractivity contribution in [3.63, 3.8) is 0 Å². The Morgan fingerprint density at radius 1 is 0.322 bits per heavy atom. The van der Waals surface area contributed by atoms with Crippen LogP contribution in [0.25, 0.3) is 131 Å². The monoisotopic (exact) mass is 1120 g/mol. The molecule has 2 heterocycles. The van der Waals surface area contributed by atoms with Crippen molar-refractivity contribution in [3.05, 3.63) is 336 Å². The highest BCUT2D eigenvalue weighted by molar-refractivity contribution is 7.26. The van der Waals surface area contributed by atoms with Gasteiger partial charge in [0.25, 0.3) is 0 Å². The smallest absolute Gasteiger partial charge is 0.0979 e. The second-order valence-corrected chi connectivity index (χ2v) is 25.6. The number of benzene rings is 13. The van der Waals surface area contributed by atoms with Crippen molar-refractivity contribution in [3.8, 4) is 78.0 Å². The molecule has 0 saturated heterocycles. The first kappa shape index (κ1) is 47.7. The molecule has 0 saturated carbocycles. The topological polar surface area (TPSA) is 25.8 Å². The summed E-state index contributed by atoms with van der Waals surface area (Å²) >= 11 is 1.87. The van der Waals surface area contributed by atoms with E-state index in [1.165, 1.54) is 115 Å². The van der Waals surface area contributed by atoms with E-state index in [9.17, 15) is 0 Å². The fourth-order valence-electron chi connectivity index (χ4n) is 17.1. The normalized spacial score (nSPS) is 16.4. The van der Waals surface area contributed by atoms with Gasteiger partial charge in [0.1, 0.15) is 0 Å². The number of hydrogen-bond acceptors (Lipinski definition) is 3. The number of allylic oxidation sites excluding steroid dienone is 4. The van der Waals surface area contributed by atoms with Crippen LogP contribution in [0.3, 0.4) is 0 Å². The Hall–Kier alpha value is -10.6. The molecule has 3 heteroatoms. The van der Waals surface area contributed by atoms with E-state index in [0.29, 0.717) is 0 Å². The maximum Gasteiger partial charge on any atom is 0.0979 e. The summed E-state index contributed by atoms with van der Waals surface area (Å²) in [7, 11) is 0. The van der Waals surface area contributed by atoms with E-state index in [4.69, 9.17) is 9.97 Å². The Bertz CT molecular complexity index is 5530. The Labute approximate surface area is 507 Å². The molecule has 0 amide bonds. The highest BCUT2D eigenvalue weighted by Gasteiger charge is 2.57. The third-order valence-electron chi connectivity index (χ3n) is 20.6. The Kier molecular flexibility index (Phi) is 9.61. The summed E-state index contributed by atoms with van der Waals surface area (Å²) in [4.78, 5) is 11.3. The first-order valence-electron chi connectivity index (χ1n) is 30.4. The lowest BCUT2D eigenvalue weighted by atomic mass is 9.65. The van der Waals surface area contributed by atoms with Gasteiger partial charge in [0, 0.05) is 48.3 Å². The second kappa shape index (κ2) is 17.5. The molecular weight excluding hydrogens is 1070 g/mol. The lowest BCUT2D eigenvalue weighted by Gasteiger charge is -2.36. The molecule has 0 aliphatic heterocycles. The lowest BCUT2D eigenvalue weighted by Crippen LogP contribution is -2.32. The summed E-state index contributed by atoms with van der Waals surface area (Å²) in [5.41, 5.74) is 28.9. The van der Waals surface area contributed by atoms with Gasteiger partial charge in [-0.05, 0) is 158 Å². The Morgan fingerprint density at radius 2 is 0.828 bits per heavy atom. The molecule has 0 radical (unpaired) electrons. The van der Waals surface area contributed by atoms with Crippen LogP contribution in [0.1, 0.15) is 50.4 Å². The fraction of sp³-hybridized carbons (Fsp3) is 0.0476. The highest BCUT2D eigenvalue weighted by Crippen LogP contribution is 2.66. The van der Waals surface area contributed by atoms with Crippen LogP contribution in [0.4, 0.5) is 0 Å². The molecule has 13 aromatic carbocycles. The van der Waals surface area contributed by atoms with E-state index in [2.05, 4.69) is 285 Å². The van der Waals surface area contributed by atoms with Crippen LogP contribution < -0.4 is 0 Å². The molecule has 2 aromatic heterocycles. The maximum absolute atomic E-state index is 5.79. The Balaban J connectivity index is 0.790. The highest BCUT2D eigenvalue weighted by atomic mass is 32.1. The minimum absolute atomic E-state index is 0.259. The van der Waals surface area contributed by atoms with Crippen LogP contribution in [0, 0.1) is 5.92 Å². The van der Waals surface area contributed by atoms with Gasteiger partial charge in [-0.1, -0.05) is 249 Å². The van der Waals surface area contributed by atoms with Gasteiger partial charge in [-0.2, -0.15) is 0 Å². The first-order chi connectivity index (χ1) is 43.1. The van der Waals surface area contributed by atoms with Gasteiger partial charge in [-0.3, -0.25) is 4.98 Å². The fourth-order valence-corrected chi connectivity index (χ4v) is 18.3. The SMILES string of the molecule is C1=CC2c3ccc(-c4ccc5c6ccc(-c7ccc8c(c7)C7(c9ccccc9-c9ccccc97)c7ccccc7-8)cc6c6nc(-c7cccc(-c8cccc9c8sc8ccccc89)c7)cnc6c5c4)cc3C3(c4ccccc4-c4ccccc43)C2C=C1. The molecule has 0 fully saturated rings. The van der Waals surface area contributed by atoms with Crippen molar-refractivity contribution in [1.82, 2.24) is 9.97 Å². The second-order valence-electron chi connectivity index (χ2n) is 24.5. The zero-order chi connectivity index (χ0) is 56.7. The number of thiophene rings is 1. The van der Waals surface area contributed by atoms with E-state index >= 15 is 0 Å². The molecule has 2 nitrogen and oxygen atoms in total. The molecule has 5 aliphatic carbocycles. The third kappa shape index (κ3) is 6.23. The summed E-state index contributed by atoms with van der Waals surface area (Å²) in [6.07, 6.45) is 11.4. The zero-order valence-corrected chi connectivity index (χ0v) is 48.0. The van der Waals surface area contributed by atoms with Gasteiger partial charge < -0.3 is 0 Å². The summed E-state index contributed by atoms with van der Waals surface area (Å²) in [6, 6.07) is 98.6. The van der Waals surface area contributed by atoms with Gasteiger partial charge in [0.15, 0.2) is 0 Å². The largest absolute Gasteiger partial charge is 0.252 e. The molecule has 2 atom stereocenters. The first-order valence-corrected chi connectivity index (χ1v) is 31.3. The quantitative estimate of drug-likeness (QED) is 0.164. The van der Waals surface area contributed by atoms with E-state index < -0.39 is 5.41 Å². The van der Waals surface area contributed by atoms with Crippen molar-refractivity contribution in [2.45, 2.75) is 16.7 Å².